The maximum atomic E-state index is 13.0. The number of hydrogen-bond acceptors (Lipinski definition) is 5. The summed E-state index contributed by atoms with van der Waals surface area (Å²) in [6, 6.07) is 10.8. The lowest BCUT2D eigenvalue weighted by molar-refractivity contribution is 0.0950. The second kappa shape index (κ2) is 7.20. The molecule has 4 N–H and O–H groups in total. The van der Waals surface area contributed by atoms with Gasteiger partial charge in [-0.2, -0.15) is 0 Å². The predicted octanol–water partition coefficient (Wildman–Crippen LogP) is 2.90. The molecule has 0 saturated carbocycles. The molecule has 2 aromatic rings. The maximum absolute atomic E-state index is 13.0. The van der Waals surface area contributed by atoms with Crippen molar-refractivity contribution in [2.45, 2.75) is 50.7 Å². The van der Waals surface area contributed by atoms with Crippen LogP contribution in [0.25, 0.3) is 0 Å². The van der Waals surface area contributed by atoms with Gasteiger partial charge >= 0.3 is 0 Å². The Labute approximate surface area is 177 Å². The molecule has 2 aromatic carbocycles. The number of hydrogen-bond donors (Lipinski definition) is 4. The Morgan fingerprint density at radius 2 is 2.00 bits per heavy atom. The highest BCUT2D eigenvalue weighted by atomic mass is 16.3. The van der Waals surface area contributed by atoms with E-state index in [1.54, 1.807) is 0 Å². The number of nitrogens with zero attached hydrogens (tertiary/aromatic N) is 1. The van der Waals surface area contributed by atoms with Gasteiger partial charge in [0.05, 0.1) is 23.2 Å². The molecule has 1 aliphatic carbocycles. The van der Waals surface area contributed by atoms with Gasteiger partial charge in [0.25, 0.3) is 5.91 Å². The standard InChI is InChI=1S/C24H30N4O2/c1-15-26-22-20(28(15)2)12-19(23(30)25-10-5-11-29)18-8-9-24(27-21(18)22)13-16-6-3-4-7-17(16)14-24/h3-4,6-7,12,15,26-27,29H,5,8-11,13-14H2,1-2H3,(H,25,30). The summed E-state index contributed by atoms with van der Waals surface area (Å²) in [6.45, 7) is 2.70. The van der Waals surface area contributed by atoms with E-state index in [-0.39, 0.29) is 24.2 Å². The maximum Gasteiger partial charge on any atom is 0.251 e. The molecule has 0 saturated heterocycles. The van der Waals surface area contributed by atoms with E-state index in [9.17, 15) is 4.79 Å². The molecular weight excluding hydrogens is 376 g/mol. The largest absolute Gasteiger partial charge is 0.396 e. The molecule has 30 heavy (non-hydrogen) atoms. The molecule has 6 nitrogen and oxygen atoms in total. The average Bonchev–Trinajstić information content (AvgIpc) is 3.24. The van der Waals surface area contributed by atoms with E-state index in [1.165, 1.54) is 11.1 Å². The van der Waals surface area contributed by atoms with E-state index in [1.807, 2.05) is 6.07 Å². The molecule has 0 bridgehead atoms. The number of aliphatic hydroxyl groups is 1. The Balaban J connectivity index is 1.53. The van der Waals surface area contributed by atoms with Crippen LogP contribution in [-0.4, -0.2) is 42.9 Å². The second-order valence-electron chi connectivity index (χ2n) is 8.96. The van der Waals surface area contributed by atoms with Gasteiger partial charge in [-0.25, -0.2) is 0 Å². The molecule has 158 valence electrons. The van der Waals surface area contributed by atoms with E-state index in [0.29, 0.717) is 13.0 Å². The minimum Gasteiger partial charge on any atom is -0.396 e. The molecule has 6 heteroatoms. The van der Waals surface area contributed by atoms with Crippen molar-refractivity contribution in [1.29, 1.82) is 0 Å². The average molecular weight is 407 g/mol. The van der Waals surface area contributed by atoms with Crippen molar-refractivity contribution < 1.29 is 9.90 Å². The lowest BCUT2D eigenvalue weighted by Crippen LogP contribution is -2.43. The summed E-state index contributed by atoms with van der Waals surface area (Å²) in [6.07, 6.45) is 4.68. The van der Waals surface area contributed by atoms with Gasteiger partial charge in [-0.1, -0.05) is 24.3 Å². The molecule has 1 amide bonds. The highest BCUT2D eigenvalue weighted by molar-refractivity contribution is 6.03. The number of fused-ring (bicyclic) bond motifs is 4. The predicted molar refractivity (Wildman–Crippen MR) is 120 cm³/mol. The van der Waals surface area contributed by atoms with Crippen LogP contribution in [0.4, 0.5) is 17.1 Å². The third-order valence-corrected chi connectivity index (χ3v) is 7.01. The summed E-state index contributed by atoms with van der Waals surface area (Å²) in [7, 11) is 2.06. The van der Waals surface area contributed by atoms with Crippen LogP contribution in [0.5, 0.6) is 0 Å². The topological polar surface area (TPSA) is 76.6 Å². The summed E-state index contributed by atoms with van der Waals surface area (Å²) in [4.78, 5) is 15.2. The quantitative estimate of drug-likeness (QED) is 0.588. The minimum atomic E-state index is -0.0529. The lowest BCUT2D eigenvalue weighted by Gasteiger charge is -2.38. The van der Waals surface area contributed by atoms with Crippen molar-refractivity contribution in [3.8, 4) is 0 Å². The van der Waals surface area contributed by atoms with Crippen LogP contribution in [-0.2, 0) is 19.3 Å². The first-order valence-electron chi connectivity index (χ1n) is 10.9. The van der Waals surface area contributed by atoms with E-state index >= 15 is 0 Å². The Morgan fingerprint density at radius 1 is 1.27 bits per heavy atom. The first-order chi connectivity index (χ1) is 14.5. The number of rotatable bonds is 4. The number of anilines is 3. The van der Waals surface area contributed by atoms with Crippen LogP contribution in [0.2, 0.25) is 0 Å². The summed E-state index contributed by atoms with van der Waals surface area (Å²) < 4.78 is 0. The van der Waals surface area contributed by atoms with Gasteiger partial charge in [0.2, 0.25) is 0 Å². The van der Waals surface area contributed by atoms with Crippen LogP contribution in [0.1, 0.15) is 46.8 Å². The minimum absolute atomic E-state index is 0.0164. The third kappa shape index (κ3) is 3.01. The fourth-order valence-corrected chi connectivity index (χ4v) is 5.28. The van der Waals surface area contributed by atoms with Crippen molar-refractivity contribution in [2.24, 2.45) is 0 Å². The highest BCUT2D eigenvalue weighted by Gasteiger charge is 2.42. The van der Waals surface area contributed by atoms with Gasteiger partial charge in [0, 0.05) is 31.3 Å². The van der Waals surface area contributed by atoms with Crippen LogP contribution >= 0.6 is 0 Å². The first-order valence-corrected chi connectivity index (χ1v) is 10.9. The molecule has 2 aliphatic heterocycles. The molecule has 0 aromatic heterocycles. The smallest absolute Gasteiger partial charge is 0.251 e. The number of carbonyl (C=O) groups is 1. The van der Waals surface area contributed by atoms with Crippen LogP contribution in [0.3, 0.4) is 0 Å². The molecule has 1 atom stereocenters. The Hall–Kier alpha value is -2.73. The van der Waals surface area contributed by atoms with Gasteiger partial charge in [-0.15, -0.1) is 0 Å². The Kier molecular flexibility index (Phi) is 4.62. The Morgan fingerprint density at radius 3 is 2.70 bits per heavy atom. The zero-order valence-electron chi connectivity index (χ0n) is 17.7. The van der Waals surface area contributed by atoms with Crippen LogP contribution in [0, 0.1) is 0 Å². The molecular formula is C24H30N4O2. The molecule has 1 unspecified atom stereocenters. The van der Waals surface area contributed by atoms with Crippen LogP contribution < -0.4 is 20.9 Å². The van der Waals surface area contributed by atoms with E-state index in [4.69, 9.17) is 5.11 Å². The molecule has 2 heterocycles. The van der Waals surface area contributed by atoms with Crippen molar-refractivity contribution in [3.63, 3.8) is 0 Å². The summed E-state index contributed by atoms with van der Waals surface area (Å²) in [5.74, 6) is -0.0529. The van der Waals surface area contributed by atoms with Gasteiger partial charge in [-0.3, -0.25) is 4.79 Å². The number of carbonyl (C=O) groups excluding carboxylic acids is 1. The van der Waals surface area contributed by atoms with Crippen molar-refractivity contribution in [2.75, 3.05) is 35.7 Å². The van der Waals surface area contributed by atoms with Gasteiger partial charge in [-0.05, 0) is 61.8 Å². The van der Waals surface area contributed by atoms with Crippen molar-refractivity contribution >= 4 is 23.0 Å². The molecule has 0 radical (unpaired) electrons. The number of nitrogens with one attached hydrogen (secondary N) is 3. The normalized spacial score (nSPS) is 20.2. The molecule has 3 aliphatic rings. The van der Waals surface area contributed by atoms with Gasteiger partial charge in [0.15, 0.2) is 0 Å². The lowest BCUT2D eigenvalue weighted by atomic mass is 9.81. The highest BCUT2D eigenvalue weighted by Crippen LogP contribution is 2.49. The van der Waals surface area contributed by atoms with E-state index < -0.39 is 0 Å². The van der Waals surface area contributed by atoms with Crippen molar-refractivity contribution in [1.82, 2.24) is 5.32 Å². The fourth-order valence-electron chi connectivity index (χ4n) is 5.28. The summed E-state index contributed by atoms with van der Waals surface area (Å²) in [5, 5.41) is 19.6. The number of aliphatic hydroxyl groups excluding tert-OH is 1. The van der Waals surface area contributed by atoms with Crippen LogP contribution in [0.15, 0.2) is 30.3 Å². The first kappa shape index (κ1) is 19.2. The van der Waals surface area contributed by atoms with Gasteiger partial charge < -0.3 is 26.0 Å². The fraction of sp³-hybridized carbons (Fsp3) is 0.458. The molecule has 0 fully saturated rings. The Bertz CT molecular complexity index is 978. The monoisotopic (exact) mass is 406 g/mol. The van der Waals surface area contributed by atoms with Gasteiger partial charge in [0.1, 0.15) is 0 Å². The van der Waals surface area contributed by atoms with E-state index in [0.717, 1.165) is 53.9 Å². The summed E-state index contributed by atoms with van der Waals surface area (Å²) in [5.41, 5.74) is 8.00. The van der Waals surface area contributed by atoms with E-state index in [2.05, 4.69) is 59.1 Å². The third-order valence-electron chi connectivity index (χ3n) is 7.01. The number of amides is 1. The molecule has 5 rings (SSSR count). The number of benzene rings is 2. The zero-order valence-corrected chi connectivity index (χ0v) is 17.7. The SMILES string of the molecule is CC1Nc2c(cc(C(=O)NCCCO)c3c2NC2(CC3)Cc3ccccc3C2)N1C. The zero-order chi connectivity index (χ0) is 20.9. The second-order valence-corrected chi connectivity index (χ2v) is 8.96. The molecule has 1 spiro atoms. The van der Waals surface area contributed by atoms with Crippen molar-refractivity contribution in [3.05, 3.63) is 52.6 Å². The summed E-state index contributed by atoms with van der Waals surface area (Å²) >= 11 is 0.